The molecule has 102 valence electrons. The fourth-order valence-electron chi connectivity index (χ4n) is 1.74. The molecular formula is C13H17IN4S. The third-order valence-corrected chi connectivity index (χ3v) is 4.25. The van der Waals surface area contributed by atoms with Gasteiger partial charge in [-0.1, -0.05) is 13.8 Å². The van der Waals surface area contributed by atoms with Gasteiger partial charge in [0.2, 0.25) is 0 Å². The number of thiazole rings is 1. The Hall–Kier alpha value is -0.760. The molecule has 0 aliphatic rings. The maximum atomic E-state index is 4.68. The van der Waals surface area contributed by atoms with Crippen LogP contribution in [0, 0.1) is 9.49 Å². The van der Waals surface area contributed by atoms with Gasteiger partial charge in [-0.25, -0.2) is 15.0 Å². The first-order valence-corrected chi connectivity index (χ1v) is 8.32. The van der Waals surface area contributed by atoms with E-state index in [0.29, 0.717) is 11.7 Å². The van der Waals surface area contributed by atoms with Crippen molar-refractivity contribution in [1.82, 2.24) is 15.0 Å². The van der Waals surface area contributed by atoms with E-state index in [1.807, 2.05) is 10.9 Å². The van der Waals surface area contributed by atoms with Crippen molar-refractivity contribution in [2.24, 2.45) is 5.92 Å². The molecule has 0 spiro atoms. The van der Waals surface area contributed by atoms with E-state index < -0.39 is 0 Å². The van der Waals surface area contributed by atoms with Gasteiger partial charge in [-0.15, -0.1) is 11.3 Å². The molecule has 0 saturated heterocycles. The maximum absolute atomic E-state index is 4.68. The van der Waals surface area contributed by atoms with Crippen molar-refractivity contribution in [2.45, 2.75) is 27.2 Å². The summed E-state index contributed by atoms with van der Waals surface area (Å²) in [5.41, 5.74) is 3.77. The Balaban J connectivity index is 2.47. The molecule has 4 nitrogen and oxygen atoms in total. The van der Waals surface area contributed by atoms with Gasteiger partial charge in [0.15, 0.2) is 5.82 Å². The molecule has 0 amide bonds. The van der Waals surface area contributed by atoms with Crippen LogP contribution in [0.1, 0.15) is 26.5 Å². The van der Waals surface area contributed by atoms with Gasteiger partial charge in [-0.2, -0.15) is 0 Å². The van der Waals surface area contributed by atoms with Crippen LogP contribution >= 0.6 is 33.9 Å². The van der Waals surface area contributed by atoms with Crippen LogP contribution in [0.4, 0.5) is 5.82 Å². The van der Waals surface area contributed by atoms with Crippen molar-refractivity contribution < 1.29 is 0 Å². The van der Waals surface area contributed by atoms with Gasteiger partial charge in [0.05, 0.1) is 14.8 Å². The summed E-state index contributed by atoms with van der Waals surface area (Å²) in [7, 11) is 0. The fraction of sp³-hybridized carbons (Fsp3) is 0.462. The Morgan fingerprint density at radius 1 is 1.37 bits per heavy atom. The largest absolute Gasteiger partial charge is 0.369 e. The van der Waals surface area contributed by atoms with E-state index in [1.54, 1.807) is 11.3 Å². The number of hydrogen-bond acceptors (Lipinski definition) is 5. The van der Waals surface area contributed by atoms with E-state index in [0.717, 1.165) is 33.7 Å². The molecule has 0 unspecified atom stereocenters. The molecule has 0 bridgehead atoms. The SMILES string of the molecule is CCNc1nc(-c2cscn2)nc(CC(C)C)c1I. The molecule has 0 aromatic carbocycles. The first-order chi connectivity index (χ1) is 9.11. The number of rotatable bonds is 5. The number of hydrogen-bond donors (Lipinski definition) is 1. The standard InChI is InChI=1S/C13H17IN4S/c1-4-15-13-11(14)9(5-8(2)3)17-12(18-13)10-6-19-7-16-10/h6-8H,4-5H2,1-3H3,(H,15,17,18). The Bertz CT molecular complexity index is 540. The van der Waals surface area contributed by atoms with Crippen LogP contribution in [0.5, 0.6) is 0 Å². The summed E-state index contributed by atoms with van der Waals surface area (Å²) in [5, 5.41) is 5.29. The molecule has 2 rings (SSSR count). The first kappa shape index (κ1) is 14.6. The molecule has 0 fully saturated rings. The van der Waals surface area contributed by atoms with E-state index in [4.69, 9.17) is 0 Å². The van der Waals surface area contributed by atoms with Crippen LogP contribution in [-0.4, -0.2) is 21.5 Å². The summed E-state index contributed by atoms with van der Waals surface area (Å²) in [6.45, 7) is 7.33. The van der Waals surface area contributed by atoms with Crippen molar-refractivity contribution in [3.63, 3.8) is 0 Å². The van der Waals surface area contributed by atoms with Crippen molar-refractivity contribution in [1.29, 1.82) is 0 Å². The highest BCUT2D eigenvalue weighted by Crippen LogP contribution is 2.25. The van der Waals surface area contributed by atoms with Crippen LogP contribution in [0.2, 0.25) is 0 Å². The topological polar surface area (TPSA) is 50.7 Å². The Morgan fingerprint density at radius 3 is 2.74 bits per heavy atom. The lowest BCUT2D eigenvalue weighted by Gasteiger charge is -2.12. The van der Waals surface area contributed by atoms with E-state index in [-0.39, 0.29) is 0 Å². The van der Waals surface area contributed by atoms with Crippen molar-refractivity contribution >= 4 is 39.7 Å². The van der Waals surface area contributed by atoms with E-state index >= 15 is 0 Å². The van der Waals surface area contributed by atoms with Gasteiger partial charge in [0, 0.05) is 11.9 Å². The van der Waals surface area contributed by atoms with Crippen molar-refractivity contribution in [3.8, 4) is 11.5 Å². The lowest BCUT2D eigenvalue weighted by atomic mass is 10.1. The predicted octanol–water partition coefficient (Wildman–Crippen LogP) is 3.84. The number of anilines is 1. The summed E-state index contributed by atoms with van der Waals surface area (Å²) in [5.74, 6) is 2.20. The molecule has 0 saturated carbocycles. The molecule has 0 aliphatic heterocycles. The van der Waals surface area contributed by atoms with E-state index in [9.17, 15) is 0 Å². The maximum Gasteiger partial charge on any atom is 0.181 e. The summed E-state index contributed by atoms with van der Waals surface area (Å²) >= 11 is 3.89. The highest BCUT2D eigenvalue weighted by atomic mass is 127. The van der Waals surface area contributed by atoms with E-state index in [1.165, 1.54) is 0 Å². The summed E-state index contributed by atoms with van der Waals surface area (Å²) < 4.78 is 1.12. The zero-order valence-corrected chi connectivity index (χ0v) is 14.2. The zero-order chi connectivity index (χ0) is 13.8. The molecular weight excluding hydrogens is 371 g/mol. The highest BCUT2D eigenvalue weighted by Gasteiger charge is 2.14. The number of nitrogens with zero attached hydrogens (tertiary/aromatic N) is 3. The molecule has 2 aromatic rings. The highest BCUT2D eigenvalue weighted by molar-refractivity contribution is 14.1. The molecule has 1 N–H and O–H groups in total. The van der Waals surface area contributed by atoms with Crippen LogP contribution in [0.25, 0.3) is 11.5 Å². The van der Waals surface area contributed by atoms with Gasteiger partial charge >= 0.3 is 0 Å². The lowest BCUT2D eigenvalue weighted by Crippen LogP contribution is -2.09. The smallest absolute Gasteiger partial charge is 0.181 e. The summed E-state index contributed by atoms with van der Waals surface area (Å²) in [6, 6.07) is 0. The Kier molecular flexibility index (Phi) is 5.09. The summed E-state index contributed by atoms with van der Waals surface area (Å²) in [6.07, 6.45) is 0.955. The Labute approximate surface area is 131 Å². The molecule has 2 heterocycles. The minimum atomic E-state index is 0.571. The number of halogens is 1. The van der Waals surface area contributed by atoms with Crippen LogP contribution in [-0.2, 0) is 6.42 Å². The quantitative estimate of drug-likeness (QED) is 0.791. The number of aromatic nitrogens is 3. The molecule has 6 heteroatoms. The first-order valence-electron chi connectivity index (χ1n) is 6.30. The van der Waals surface area contributed by atoms with Gasteiger partial charge < -0.3 is 5.32 Å². The average molecular weight is 388 g/mol. The normalized spacial score (nSPS) is 11.0. The molecule has 19 heavy (non-hydrogen) atoms. The predicted molar refractivity (Wildman–Crippen MR) is 88.6 cm³/mol. The lowest BCUT2D eigenvalue weighted by molar-refractivity contribution is 0.632. The monoisotopic (exact) mass is 388 g/mol. The molecule has 2 aromatic heterocycles. The zero-order valence-electron chi connectivity index (χ0n) is 11.3. The van der Waals surface area contributed by atoms with Crippen LogP contribution in [0.15, 0.2) is 10.9 Å². The second-order valence-corrected chi connectivity index (χ2v) is 6.46. The van der Waals surface area contributed by atoms with Gasteiger partial charge in [0.1, 0.15) is 11.5 Å². The Morgan fingerprint density at radius 2 is 2.16 bits per heavy atom. The second kappa shape index (κ2) is 6.60. The molecule has 0 aliphatic carbocycles. The van der Waals surface area contributed by atoms with Crippen LogP contribution in [0.3, 0.4) is 0 Å². The summed E-state index contributed by atoms with van der Waals surface area (Å²) in [4.78, 5) is 13.6. The fourth-order valence-corrected chi connectivity index (χ4v) is 2.92. The van der Waals surface area contributed by atoms with Gasteiger partial charge in [0.25, 0.3) is 0 Å². The van der Waals surface area contributed by atoms with E-state index in [2.05, 4.69) is 63.6 Å². The van der Waals surface area contributed by atoms with Crippen molar-refractivity contribution in [3.05, 3.63) is 20.2 Å². The third kappa shape index (κ3) is 3.62. The second-order valence-electron chi connectivity index (χ2n) is 4.66. The average Bonchev–Trinajstić information content (AvgIpc) is 2.87. The number of nitrogens with one attached hydrogen (secondary N) is 1. The molecule has 0 atom stereocenters. The van der Waals surface area contributed by atoms with Gasteiger partial charge in [-0.3, -0.25) is 0 Å². The van der Waals surface area contributed by atoms with Crippen molar-refractivity contribution in [2.75, 3.05) is 11.9 Å². The van der Waals surface area contributed by atoms with Crippen LogP contribution < -0.4 is 5.32 Å². The minimum Gasteiger partial charge on any atom is -0.369 e. The van der Waals surface area contributed by atoms with Gasteiger partial charge in [-0.05, 0) is 41.9 Å². The molecule has 0 radical (unpaired) electrons. The minimum absolute atomic E-state index is 0.571. The third-order valence-electron chi connectivity index (χ3n) is 2.53.